The number of benzene rings is 1. The first-order valence-electron chi connectivity index (χ1n) is 8.50. The van der Waals surface area contributed by atoms with E-state index < -0.39 is 10.8 Å². The molecule has 9 nitrogen and oxygen atoms in total. The van der Waals surface area contributed by atoms with Crippen LogP contribution in [-0.2, 0) is 4.74 Å². The van der Waals surface area contributed by atoms with Gasteiger partial charge in [-0.25, -0.2) is 0 Å². The Balaban J connectivity index is 0.00000364. The molecule has 0 atom stereocenters. The summed E-state index contributed by atoms with van der Waals surface area (Å²) < 4.78 is 15.6. The highest BCUT2D eigenvalue weighted by Gasteiger charge is 2.27. The summed E-state index contributed by atoms with van der Waals surface area (Å²) in [6.07, 6.45) is 3.16. The highest BCUT2D eigenvalue weighted by atomic mass is 35.5. The standard InChI is InChI=1S/C17H25N3O6.ClH/c1-24-7-8-26-16-10-14(20(22)23)13(9-15(16)25-2)17(21)19-12-5-3-11(18)4-6-12;/h9-12H,3-8,18H2,1-2H3,(H,19,21);1H. The van der Waals surface area contributed by atoms with Crippen molar-refractivity contribution < 1.29 is 23.9 Å². The molecule has 3 N–H and O–H groups in total. The van der Waals surface area contributed by atoms with Crippen LogP contribution in [0.4, 0.5) is 5.69 Å². The predicted molar refractivity (Wildman–Crippen MR) is 102 cm³/mol. The van der Waals surface area contributed by atoms with Gasteiger partial charge in [0.2, 0.25) is 0 Å². The van der Waals surface area contributed by atoms with Gasteiger partial charge < -0.3 is 25.3 Å². The molecule has 27 heavy (non-hydrogen) atoms. The highest BCUT2D eigenvalue weighted by molar-refractivity contribution is 5.99. The van der Waals surface area contributed by atoms with Crippen molar-refractivity contribution in [1.82, 2.24) is 5.32 Å². The summed E-state index contributed by atoms with van der Waals surface area (Å²) in [5, 5.41) is 14.3. The lowest BCUT2D eigenvalue weighted by Gasteiger charge is -2.26. The van der Waals surface area contributed by atoms with Crippen LogP contribution in [0.15, 0.2) is 12.1 Å². The number of rotatable bonds is 8. The summed E-state index contributed by atoms with van der Waals surface area (Å²) in [7, 11) is 2.93. The van der Waals surface area contributed by atoms with E-state index in [0.717, 1.165) is 25.7 Å². The highest BCUT2D eigenvalue weighted by Crippen LogP contribution is 2.35. The van der Waals surface area contributed by atoms with Crippen molar-refractivity contribution in [2.45, 2.75) is 37.8 Å². The van der Waals surface area contributed by atoms with E-state index in [1.807, 2.05) is 0 Å². The second kappa shape index (κ2) is 10.9. The molecule has 0 aliphatic heterocycles. The molecule has 0 aromatic heterocycles. The van der Waals surface area contributed by atoms with Gasteiger partial charge in [-0.1, -0.05) is 0 Å². The molecular formula is C17H26ClN3O6. The Bertz CT molecular complexity index is 650. The minimum absolute atomic E-state index is 0. The van der Waals surface area contributed by atoms with E-state index in [1.54, 1.807) is 0 Å². The largest absolute Gasteiger partial charge is 0.493 e. The zero-order valence-corrected chi connectivity index (χ0v) is 16.3. The molecule has 0 saturated heterocycles. The number of nitrogens with zero attached hydrogens (tertiary/aromatic N) is 1. The molecule has 1 aliphatic carbocycles. The fourth-order valence-corrected chi connectivity index (χ4v) is 2.92. The molecule has 152 valence electrons. The van der Waals surface area contributed by atoms with Gasteiger partial charge in [-0.15, -0.1) is 12.4 Å². The summed E-state index contributed by atoms with van der Waals surface area (Å²) >= 11 is 0. The predicted octanol–water partition coefficient (Wildman–Crippen LogP) is 2.05. The van der Waals surface area contributed by atoms with Gasteiger partial charge in [-0.05, 0) is 25.7 Å². The van der Waals surface area contributed by atoms with Crippen molar-refractivity contribution in [1.29, 1.82) is 0 Å². The van der Waals surface area contributed by atoms with E-state index in [9.17, 15) is 14.9 Å². The van der Waals surface area contributed by atoms with Crippen LogP contribution in [0.3, 0.4) is 0 Å². The summed E-state index contributed by atoms with van der Waals surface area (Å²) in [5.41, 5.74) is 5.48. The topological polar surface area (TPSA) is 126 Å². The Labute approximate surface area is 164 Å². The SMILES string of the molecule is COCCOc1cc([N+](=O)[O-])c(C(=O)NC2CCC(N)CC2)cc1OC.Cl. The molecule has 0 spiro atoms. The smallest absolute Gasteiger partial charge is 0.286 e. The third-order valence-corrected chi connectivity index (χ3v) is 4.38. The number of amides is 1. The summed E-state index contributed by atoms with van der Waals surface area (Å²) in [6, 6.07) is 2.66. The number of methoxy groups -OCH3 is 2. The van der Waals surface area contributed by atoms with Gasteiger partial charge in [0.25, 0.3) is 11.6 Å². The first kappa shape index (κ1) is 22.9. The molecule has 1 fully saturated rings. The second-order valence-electron chi connectivity index (χ2n) is 6.20. The first-order valence-corrected chi connectivity index (χ1v) is 8.50. The van der Waals surface area contributed by atoms with Gasteiger partial charge in [0.05, 0.1) is 24.7 Å². The second-order valence-corrected chi connectivity index (χ2v) is 6.20. The Morgan fingerprint density at radius 3 is 2.44 bits per heavy atom. The zero-order chi connectivity index (χ0) is 19.1. The molecule has 1 amide bonds. The lowest BCUT2D eigenvalue weighted by Crippen LogP contribution is -2.40. The van der Waals surface area contributed by atoms with Crippen LogP contribution in [-0.4, -0.2) is 50.3 Å². The Hall–Kier alpha value is -2.10. The van der Waals surface area contributed by atoms with E-state index in [-0.39, 0.29) is 53.8 Å². The quantitative estimate of drug-likeness (QED) is 0.386. The third kappa shape index (κ3) is 6.23. The number of nitro benzene ring substituents is 1. The number of nitrogens with two attached hydrogens (primary N) is 1. The van der Waals surface area contributed by atoms with E-state index >= 15 is 0 Å². The van der Waals surface area contributed by atoms with Crippen LogP contribution in [0.1, 0.15) is 36.0 Å². The Kier molecular flexibility index (Phi) is 9.27. The first-order chi connectivity index (χ1) is 12.5. The molecule has 0 radical (unpaired) electrons. The van der Waals surface area contributed by atoms with Crippen molar-refractivity contribution in [3.05, 3.63) is 27.8 Å². The van der Waals surface area contributed by atoms with Gasteiger partial charge >= 0.3 is 0 Å². The van der Waals surface area contributed by atoms with Gasteiger partial charge in [0.15, 0.2) is 11.5 Å². The minimum atomic E-state index is -0.603. The summed E-state index contributed by atoms with van der Waals surface area (Å²) in [5.74, 6) is -0.0575. The van der Waals surface area contributed by atoms with Gasteiger partial charge in [0.1, 0.15) is 12.2 Å². The van der Waals surface area contributed by atoms with Crippen molar-refractivity contribution in [3.63, 3.8) is 0 Å². The Morgan fingerprint density at radius 1 is 1.22 bits per heavy atom. The van der Waals surface area contributed by atoms with Crippen LogP contribution in [0, 0.1) is 10.1 Å². The molecule has 1 saturated carbocycles. The third-order valence-electron chi connectivity index (χ3n) is 4.38. The lowest BCUT2D eigenvalue weighted by atomic mass is 9.91. The average molecular weight is 404 g/mol. The van der Waals surface area contributed by atoms with E-state index in [0.29, 0.717) is 6.61 Å². The average Bonchev–Trinajstić information content (AvgIpc) is 2.63. The van der Waals surface area contributed by atoms with Crippen LogP contribution in [0.5, 0.6) is 11.5 Å². The van der Waals surface area contributed by atoms with Crippen molar-refractivity contribution in [2.24, 2.45) is 5.73 Å². The maximum atomic E-state index is 12.6. The van der Waals surface area contributed by atoms with Crippen molar-refractivity contribution in [2.75, 3.05) is 27.4 Å². The number of hydrogen-bond donors (Lipinski definition) is 2. The monoisotopic (exact) mass is 403 g/mol. The number of nitro groups is 1. The van der Waals surface area contributed by atoms with Crippen LogP contribution in [0.2, 0.25) is 0 Å². The number of ether oxygens (including phenoxy) is 3. The number of nitrogens with one attached hydrogen (secondary N) is 1. The van der Waals surface area contributed by atoms with E-state index in [2.05, 4.69) is 5.32 Å². The van der Waals surface area contributed by atoms with E-state index in [4.69, 9.17) is 19.9 Å². The molecule has 10 heteroatoms. The zero-order valence-electron chi connectivity index (χ0n) is 15.4. The fraction of sp³-hybridized carbons (Fsp3) is 0.588. The van der Waals surface area contributed by atoms with E-state index in [1.165, 1.54) is 26.4 Å². The molecular weight excluding hydrogens is 378 g/mol. The summed E-state index contributed by atoms with van der Waals surface area (Å²) in [4.78, 5) is 23.4. The molecule has 2 rings (SSSR count). The Morgan fingerprint density at radius 2 is 1.89 bits per heavy atom. The maximum Gasteiger partial charge on any atom is 0.286 e. The molecule has 0 bridgehead atoms. The molecule has 0 unspecified atom stereocenters. The van der Waals surface area contributed by atoms with Gasteiger partial charge in [-0.3, -0.25) is 14.9 Å². The van der Waals surface area contributed by atoms with Gasteiger partial charge in [0, 0.05) is 25.3 Å². The fourth-order valence-electron chi connectivity index (χ4n) is 2.92. The lowest BCUT2D eigenvalue weighted by molar-refractivity contribution is -0.385. The van der Waals surface area contributed by atoms with Crippen LogP contribution in [0.25, 0.3) is 0 Å². The van der Waals surface area contributed by atoms with Crippen LogP contribution >= 0.6 is 12.4 Å². The number of hydrogen-bond acceptors (Lipinski definition) is 7. The van der Waals surface area contributed by atoms with Gasteiger partial charge in [-0.2, -0.15) is 0 Å². The molecule has 1 aromatic carbocycles. The normalized spacial score (nSPS) is 18.9. The number of halogens is 1. The van der Waals surface area contributed by atoms with Crippen molar-refractivity contribution in [3.8, 4) is 11.5 Å². The van der Waals surface area contributed by atoms with Crippen LogP contribution < -0.4 is 20.5 Å². The number of carbonyl (C=O) groups is 1. The maximum absolute atomic E-state index is 12.6. The summed E-state index contributed by atoms with van der Waals surface area (Å²) in [6.45, 7) is 0.529. The minimum Gasteiger partial charge on any atom is -0.493 e. The number of carbonyl (C=O) groups excluding carboxylic acids is 1. The molecule has 1 aliphatic rings. The molecule has 1 aromatic rings. The molecule has 0 heterocycles. The van der Waals surface area contributed by atoms with Crippen molar-refractivity contribution >= 4 is 24.0 Å².